The van der Waals surface area contributed by atoms with Crippen molar-refractivity contribution in [1.82, 2.24) is 10.2 Å². The molecule has 0 saturated carbocycles. The molecule has 0 fully saturated rings. The van der Waals surface area contributed by atoms with Gasteiger partial charge < -0.3 is 5.11 Å². The van der Waals surface area contributed by atoms with E-state index in [-0.39, 0.29) is 11.7 Å². The van der Waals surface area contributed by atoms with Gasteiger partial charge in [-0.2, -0.15) is 0 Å². The van der Waals surface area contributed by atoms with E-state index in [1.807, 2.05) is 0 Å². The summed E-state index contributed by atoms with van der Waals surface area (Å²) in [6.07, 6.45) is 0. The first-order valence-electron chi connectivity index (χ1n) is 5.40. The maximum absolute atomic E-state index is 12.1. The van der Waals surface area contributed by atoms with Gasteiger partial charge in [-0.25, -0.2) is 0 Å². The SMILES string of the molecule is O=C(O)CSc1nnc(NC(=O)c2ccc(Cl)cc2Br)s1. The lowest BCUT2D eigenvalue weighted by Crippen LogP contribution is -2.12. The lowest BCUT2D eigenvalue weighted by Gasteiger charge is -2.03. The number of nitrogens with one attached hydrogen (secondary N) is 1. The van der Waals surface area contributed by atoms with Gasteiger partial charge in [-0.3, -0.25) is 14.9 Å². The third-order valence-corrected chi connectivity index (χ3v) is 4.97. The Hall–Kier alpha value is -1.16. The molecule has 0 aliphatic carbocycles. The fourth-order valence-electron chi connectivity index (χ4n) is 1.28. The lowest BCUT2D eigenvalue weighted by atomic mass is 10.2. The Morgan fingerprint density at radius 2 is 2.19 bits per heavy atom. The van der Waals surface area contributed by atoms with Crippen LogP contribution in [0.5, 0.6) is 0 Å². The molecule has 0 aliphatic rings. The van der Waals surface area contributed by atoms with Crippen LogP contribution < -0.4 is 5.32 Å². The number of halogens is 2. The van der Waals surface area contributed by atoms with Crippen molar-refractivity contribution >= 4 is 67.6 Å². The fraction of sp³-hybridized carbons (Fsp3) is 0.0909. The predicted molar refractivity (Wildman–Crippen MR) is 85.4 cm³/mol. The molecular formula is C11H7BrClN3O3S2. The van der Waals surface area contributed by atoms with Crippen molar-refractivity contribution in [2.24, 2.45) is 0 Å². The van der Waals surface area contributed by atoms with Gasteiger partial charge in [-0.15, -0.1) is 10.2 Å². The van der Waals surface area contributed by atoms with Crippen LogP contribution in [-0.4, -0.2) is 32.9 Å². The first kappa shape index (κ1) is 16.2. The molecule has 2 aromatic rings. The highest BCUT2D eigenvalue weighted by molar-refractivity contribution is 9.10. The van der Waals surface area contributed by atoms with Gasteiger partial charge in [0.15, 0.2) is 4.34 Å². The number of carbonyl (C=O) groups excluding carboxylic acids is 1. The monoisotopic (exact) mass is 407 g/mol. The Kier molecular flexibility index (Phi) is 5.57. The number of carboxylic acid groups (broad SMARTS) is 1. The molecular weight excluding hydrogens is 402 g/mol. The molecule has 2 rings (SSSR count). The van der Waals surface area contributed by atoms with E-state index < -0.39 is 5.97 Å². The normalized spacial score (nSPS) is 10.4. The van der Waals surface area contributed by atoms with Crippen molar-refractivity contribution in [3.8, 4) is 0 Å². The van der Waals surface area contributed by atoms with Crippen molar-refractivity contribution in [3.63, 3.8) is 0 Å². The zero-order valence-corrected chi connectivity index (χ0v) is 14.1. The van der Waals surface area contributed by atoms with Gasteiger partial charge in [0.1, 0.15) is 0 Å². The predicted octanol–water partition coefficient (Wildman–Crippen LogP) is 3.38. The fourth-order valence-corrected chi connectivity index (χ4v) is 3.61. The van der Waals surface area contributed by atoms with Crippen molar-refractivity contribution in [3.05, 3.63) is 33.3 Å². The second-order valence-electron chi connectivity index (χ2n) is 3.63. The number of carboxylic acids is 1. The number of amides is 1. The van der Waals surface area contributed by atoms with E-state index >= 15 is 0 Å². The van der Waals surface area contributed by atoms with Crippen LogP contribution in [0.1, 0.15) is 10.4 Å². The molecule has 0 unspecified atom stereocenters. The Balaban J connectivity index is 2.04. The molecule has 1 amide bonds. The summed E-state index contributed by atoms with van der Waals surface area (Å²) in [5, 5.41) is 19.6. The molecule has 110 valence electrons. The number of nitrogens with zero attached hydrogens (tertiary/aromatic N) is 2. The van der Waals surface area contributed by atoms with Crippen molar-refractivity contribution < 1.29 is 14.7 Å². The number of aliphatic carboxylic acids is 1. The molecule has 0 saturated heterocycles. The van der Waals surface area contributed by atoms with Crippen LogP contribution >= 0.6 is 50.6 Å². The second-order valence-corrected chi connectivity index (χ2v) is 7.12. The first-order chi connectivity index (χ1) is 9.95. The Labute approximate surface area is 141 Å². The van der Waals surface area contributed by atoms with Gasteiger partial charge in [-0.1, -0.05) is 34.7 Å². The van der Waals surface area contributed by atoms with Crippen molar-refractivity contribution in [1.29, 1.82) is 0 Å². The van der Waals surface area contributed by atoms with E-state index in [1.54, 1.807) is 18.2 Å². The highest BCUT2D eigenvalue weighted by Gasteiger charge is 2.14. The maximum Gasteiger partial charge on any atom is 0.313 e. The molecule has 2 N–H and O–H groups in total. The third kappa shape index (κ3) is 4.67. The highest BCUT2D eigenvalue weighted by atomic mass is 79.9. The van der Waals surface area contributed by atoms with Gasteiger partial charge in [-0.05, 0) is 34.1 Å². The second kappa shape index (κ2) is 7.21. The molecule has 0 atom stereocenters. The molecule has 6 nitrogen and oxygen atoms in total. The molecule has 1 aromatic heterocycles. The van der Waals surface area contributed by atoms with Crippen LogP contribution in [0.15, 0.2) is 27.0 Å². The van der Waals surface area contributed by atoms with E-state index in [0.717, 1.165) is 23.1 Å². The number of hydrogen-bond acceptors (Lipinski definition) is 6. The number of benzene rings is 1. The Bertz CT molecular complexity index is 695. The van der Waals surface area contributed by atoms with Gasteiger partial charge in [0.25, 0.3) is 5.91 Å². The average Bonchev–Trinajstić information content (AvgIpc) is 2.83. The first-order valence-corrected chi connectivity index (χ1v) is 8.37. The van der Waals surface area contributed by atoms with E-state index in [4.69, 9.17) is 16.7 Å². The van der Waals surface area contributed by atoms with Gasteiger partial charge >= 0.3 is 5.97 Å². The minimum atomic E-state index is -0.939. The molecule has 1 heterocycles. The summed E-state index contributed by atoms with van der Waals surface area (Å²) in [5.74, 6) is -1.40. The number of anilines is 1. The zero-order valence-electron chi connectivity index (χ0n) is 10.2. The van der Waals surface area contributed by atoms with Gasteiger partial charge in [0.2, 0.25) is 5.13 Å². The number of hydrogen-bond donors (Lipinski definition) is 2. The Morgan fingerprint density at radius 3 is 2.86 bits per heavy atom. The summed E-state index contributed by atoms with van der Waals surface area (Å²) in [5.41, 5.74) is 0.411. The average molecular weight is 409 g/mol. The minimum Gasteiger partial charge on any atom is -0.481 e. The number of aromatic nitrogens is 2. The third-order valence-electron chi connectivity index (χ3n) is 2.12. The zero-order chi connectivity index (χ0) is 15.4. The van der Waals surface area contributed by atoms with Crippen molar-refractivity contribution in [2.45, 2.75) is 4.34 Å². The van der Waals surface area contributed by atoms with Gasteiger partial charge in [0, 0.05) is 9.50 Å². The quantitative estimate of drug-likeness (QED) is 0.582. The molecule has 0 bridgehead atoms. The lowest BCUT2D eigenvalue weighted by molar-refractivity contribution is -0.133. The largest absolute Gasteiger partial charge is 0.481 e. The summed E-state index contributed by atoms with van der Waals surface area (Å²) in [6, 6.07) is 4.81. The maximum atomic E-state index is 12.1. The van der Waals surface area contributed by atoms with Crippen LogP contribution in [0.25, 0.3) is 0 Å². The van der Waals surface area contributed by atoms with E-state index in [0.29, 0.717) is 24.5 Å². The summed E-state index contributed by atoms with van der Waals surface area (Å²) < 4.78 is 1.04. The molecule has 0 radical (unpaired) electrons. The van der Waals surface area contributed by atoms with Gasteiger partial charge in [0.05, 0.1) is 11.3 Å². The standard InChI is InChI=1S/C11H7BrClN3O3S2/c12-7-3-5(13)1-2-6(7)9(19)14-10-15-16-11(21-10)20-4-8(17)18/h1-3H,4H2,(H,17,18)(H,14,15,19). The van der Waals surface area contributed by atoms with Crippen molar-refractivity contribution in [2.75, 3.05) is 11.1 Å². The number of rotatable bonds is 5. The van der Waals surface area contributed by atoms with Crippen LogP contribution in [0.4, 0.5) is 5.13 Å². The summed E-state index contributed by atoms with van der Waals surface area (Å²) in [6.45, 7) is 0. The van der Waals surface area contributed by atoms with Crippen LogP contribution in [-0.2, 0) is 4.79 Å². The summed E-state index contributed by atoms with van der Waals surface area (Å²) in [7, 11) is 0. The summed E-state index contributed by atoms with van der Waals surface area (Å²) in [4.78, 5) is 22.5. The minimum absolute atomic E-state index is 0.106. The van der Waals surface area contributed by atoms with Crippen LogP contribution in [0.2, 0.25) is 5.02 Å². The molecule has 10 heteroatoms. The van der Waals surface area contributed by atoms with E-state index in [9.17, 15) is 9.59 Å². The Morgan fingerprint density at radius 1 is 1.43 bits per heavy atom. The van der Waals surface area contributed by atoms with Crippen LogP contribution in [0.3, 0.4) is 0 Å². The number of carbonyl (C=O) groups is 2. The van der Waals surface area contributed by atoms with E-state index in [1.165, 1.54) is 0 Å². The van der Waals surface area contributed by atoms with E-state index in [2.05, 4.69) is 31.4 Å². The highest BCUT2D eigenvalue weighted by Crippen LogP contribution is 2.27. The number of thioether (sulfide) groups is 1. The molecule has 0 spiro atoms. The molecule has 0 aliphatic heterocycles. The summed E-state index contributed by atoms with van der Waals surface area (Å²) >= 11 is 11.2. The molecule has 1 aromatic carbocycles. The smallest absolute Gasteiger partial charge is 0.313 e. The molecule has 21 heavy (non-hydrogen) atoms. The van der Waals surface area contributed by atoms with Crippen LogP contribution in [0, 0.1) is 0 Å². The topological polar surface area (TPSA) is 92.2 Å².